The van der Waals surface area contributed by atoms with E-state index in [-0.39, 0.29) is 42.8 Å². The Morgan fingerprint density at radius 3 is 2.65 bits per heavy atom. The molecule has 1 aromatic rings. The highest BCUT2D eigenvalue weighted by Crippen LogP contribution is 2.27. The molecule has 1 fully saturated rings. The van der Waals surface area contributed by atoms with Gasteiger partial charge in [0.15, 0.2) is 0 Å². The maximum atomic E-state index is 12.0. The second kappa shape index (κ2) is 9.44. The lowest BCUT2D eigenvalue weighted by atomic mass is 10.4. The van der Waals surface area contributed by atoms with Crippen molar-refractivity contribution in [2.75, 3.05) is 26.2 Å². The van der Waals surface area contributed by atoms with E-state index in [1.807, 2.05) is 0 Å². The number of sulfonamides is 1. The zero-order valence-corrected chi connectivity index (χ0v) is 14.9. The van der Waals surface area contributed by atoms with Gasteiger partial charge >= 0.3 is 0 Å². The van der Waals surface area contributed by atoms with Crippen LogP contribution in [0, 0.1) is 5.92 Å². The van der Waals surface area contributed by atoms with Crippen LogP contribution in [0.1, 0.15) is 12.8 Å². The highest BCUT2D eigenvalue weighted by molar-refractivity contribution is 7.89. The first-order chi connectivity index (χ1) is 10.5. The topological polar surface area (TPSA) is 87.3 Å². The Kier molecular flexibility index (Phi) is 8.28. The van der Waals surface area contributed by atoms with Gasteiger partial charge in [-0.25, -0.2) is 13.1 Å². The minimum Gasteiger partial charge on any atom is -0.354 e. The third-order valence-corrected chi connectivity index (χ3v) is 4.95. The molecule has 0 aliphatic heterocycles. The molecule has 0 radical (unpaired) electrons. The van der Waals surface area contributed by atoms with Crippen LogP contribution in [-0.4, -0.2) is 40.5 Å². The van der Waals surface area contributed by atoms with Crippen molar-refractivity contribution in [3.8, 4) is 0 Å². The molecule has 3 N–H and O–H groups in total. The quantitative estimate of drug-likeness (QED) is 0.560. The fraction of sp³-hybridized carbons (Fsp3) is 0.500. The van der Waals surface area contributed by atoms with Crippen molar-refractivity contribution in [3.05, 3.63) is 29.3 Å². The van der Waals surface area contributed by atoms with Gasteiger partial charge < -0.3 is 10.6 Å². The maximum Gasteiger partial charge on any atom is 0.240 e. The minimum atomic E-state index is -3.60. The standard InChI is InChI=1S/C14H20ClN3O3S.ClH/c15-12-2-1-3-13(8-12)22(20,21)18-7-6-17-14(19)10-16-9-11-4-5-11;/h1-3,8,11,16,18H,4-7,9-10H2,(H,17,19);1H. The first kappa shape index (κ1) is 20.2. The number of nitrogens with one attached hydrogen (secondary N) is 3. The summed E-state index contributed by atoms with van der Waals surface area (Å²) < 4.78 is 26.4. The van der Waals surface area contributed by atoms with Crippen molar-refractivity contribution in [2.24, 2.45) is 5.92 Å². The summed E-state index contributed by atoms with van der Waals surface area (Å²) >= 11 is 5.77. The summed E-state index contributed by atoms with van der Waals surface area (Å²) in [5.74, 6) is 0.583. The van der Waals surface area contributed by atoms with Crippen molar-refractivity contribution in [3.63, 3.8) is 0 Å². The second-order valence-corrected chi connectivity index (χ2v) is 7.48. The number of hydrogen-bond acceptors (Lipinski definition) is 4. The number of halogens is 2. The van der Waals surface area contributed by atoms with Gasteiger partial charge in [-0.1, -0.05) is 17.7 Å². The molecule has 9 heteroatoms. The summed E-state index contributed by atoms with van der Waals surface area (Å²) in [7, 11) is -3.60. The van der Waals surface area contributed by atoms with Gasteiger partial charge in [0.05, 0.1) is 11.4 Å². The van der Waals surface area contributed by atoms with E-state index >= 15 is 0 Å². The second-order valence-electron chi connectivity index (χ2n) is 5.28. The summed E-state index contributed by atoms with van der Waals surface area (Å²) in [5, 5.41) is 6.09. The van der Waals surface area contributed by atoms with Crippen molar-refractivity contribution in [1.82, 2.24) is 15.4 Å². The van der Waals surface area contributed by atoms with Crippen LogP contribution in [0.2, 0.25) is 5.02 Å². The summed E-state index contributed by atoms with van der Waals surface area (Å²) in [6.45, 7) is 1.50. The van der Waals surface area contributed by atoms with E-state index in [2.05, 4.69) is 15.4 Å². The fourth-order valence-electron chi connectivity index (χ4n) is 1.88. The summed E-state index contributed by atoms with van der Waals surface area (Å²) in [5.41, 5.74) is 0. The van der Waals surface area contributed by atoms with Gasteiger partial charge in [0.2, 0.25) is 15.9 Å². The van der Waals surface area contributed by atoms with E-state index in [1.54, 1.807) is 12.1 Å². The van der Waals surface area contributed by atoms with E-state index in [0.29, 0.717) is 5.02 Å². The van der Waals surface area contributed by atoms with Crippen LogP contribution in [0.5, 0.6) is 0 Å². The van der Waals surface area contributed by atoms with Gasteiger partial charge in [-0.3, -0.25) is 4.79 Å². The number of amides is 1. The Labute approximate surface area is 147 Å². The molecular formula is C14H21Cl2N3O3S. The number of benzene rings is 1. The van der Waals surface area contributed by atoms with Gasteiger partial charge in [0, 0.05) is 18.1 Å². The molecular weight excluding hydrogens is 361 g/mol. The predicted molar refractivity (Wildman–Crippen MR) is 92.5 cm³/mol. The van der Waals surface area contributed by atoms with Gasteiger partial charge in [0.25, 0.3) is 0 Å². The van der Waals surface area contributed by atoms with Crippen LogP contribution < -0.4 is 15.4 Å². The Hall–Kier alpha value is -0.860. The Morgan fingerprint density at radius 1 is 1.26 bits per heavy atom. The fourth-order valence-corrected chi connectivity index (χ4v) is 3.21. The van der Waals surface area contributed by atoms with Gasteiger partial charge in [0.1, 0.15) is 0 Å². The molecule has 0 unspecified atom stereocenters. The highest BCUT2D eigenvalue weighted by atomic mass is 35.5. The summed E-state index contributed by atoms with van der Waals surface area (Å²) in [6, 6.07) is 6.03. The van der Waals surface area contributed by atoms with E-state index < -0.39 is 10.0 Å². The lowest BCUT2D eigenvalue weighted by Gasteiger charge is -2.09. The number of rotatable bonds is 9. The molecule has 0 aromatic heterocycles. The van der Waals surface area contributed by atoms with Crippen molar-refractivity contribution >= 4 is 39.9 Å². The average Bonchev–Trinajstić information content (AvgIpc) is 3.28. The largest absolute Gasteiger partial charge is 0.354 e. The third-order valence-electron chi connectivity index (χ3n) is 3.26. The van der Waals surface area contributed by atoms with Crippen LogP contribution in [0.15, 0.2) is 29.2 Å². The van der Waals surface area contributed by atoms with Crippen LogP contribution in [-0.2, 0) is 14.8 Å². The van der Waals surface area contributed by atoms with Crippen molar-refractivity contribution in [1.29, 1.82) is 0 Å². The van der Waals surface area contributed by atoms with Crippen LogP contribution in [0.3, 0.4) is 0 Å². The number of carbonyl (C=O) groups is 1. The van der Waals surface area contributed by atoms with Crippen LogP contribution in [0.4, 0.5) is 0 Å². The molecule has 1 aliphatic carbocycles. The lowest BCUT2D eigenvalue weighted by Crippen LogP contribution is -2.39. The smallest absolute Gasteiger partial charge is 0.240 e. The molecule has 2 rings (SSSR count). The van der Waals surface area contributed by atoms with Gasteiger partial charge in [-0.15, -0.1) is 12.4 Å². The average molecular weight is 382 g/mol. The predicted octanol–water partition coefficient (Wildman–Crippen LogP) is 1.16. The zero-order valence-electron chi connectivity index (χ0n) is 12.5. The minimum absolute atomic E-state index is 0. The zero-order chi connectivity index (χ0) is 16.0. The first-order valence-corrected chi connectivity index (χ1v) is 9.06. The molecule has 1 aromatic carbocycles. The molecule has 1 saturated carbocycles. The first-order valence-electron chi connectivity index (χ1n) is 7.20. The molecule has 0 saturated heterocycles. The Morgan fingerprint density at radius 2 is 2.00 bits per heavy atom. The van der Waals surface area contributed by atoms with E-state index in [0.717, 1.165) is 12.5 Å². The number of carbonyl (C=O) groups excluding carboxylic acids is 1. The van der Waals surface area contributed by atoms with E-state index in [4.69, 9.17) is 11.6 Å². The van der Waals surface area contributed by atoms with E-state index in [9.17, 15) is 13.2 Å². The molecule has 6 nitrogen and oxygen atoms in total. The van der Waals surface area contributed by atoms with Gasteiger partial charge in [-0.05, 0) is 43.5 Å². The lowest BCUT2D eigenvalue weighted by molar-refractivity contribution is -0.120. The molecule has 1 amide bonds. The molecule has 0 atom stereocenters. The molecule has 0 bridgehead atoms. The van der Waals surface area contributed by atoms with Crippen molar-refractivity contribution < 1.29 is 13.2 Å². The summed E-state index contributed by atoms with van der Waals surface area (Å²) in [6.07, 6.45) is 2.47. The summed E-state index contributed by atoms with van der Waals surface area (Å²) in [4.78, 5) is 11.6. The van der Waals surface area contributed by atoms with Crippen LogP contribution in [0.25, 0.3) is 0 Å². The highest BCUT2D eigenvalue weighted by Gasteiger charge is 2.20. The molecule has 130 valence electrons. The Balaban J connectivity index is 0.00000264. The number of hydrogen-bond donors (Lipinski definition) is 3. The molecule has 23 heavy (non-hydrogen) atoms. The molecule has 1 aliphatic rings. The van der Waals surface area contributed by atoms with E-state index in [1.165, 1.54) is 25.0 Å². The third kappa shape index (κ3) is 7.50. The monoisotopic (exact) mass is 381 g/mol. The normalized spacial score (nSPS) is 14.1. The molecule has 0 heterocycles. The maximum absolute atomic E-state index is 12.0. The van der Waals surface area contributed by atoms with Gasteiger partial charge in [-0.2, -0.15) is 0 Å². The SMILES string of the molecule is Cl.O=C(CNCC1CC1)NCCNS(=O)(=O)c1cccc(Cl)c1. The van der Waals surface area contributed by atoms with Crippen molar-refractivity contribution in [2.45, 2.75) is 17.7 Å². The molecule has 0 spiro atoms. The Bertz CT molecular complexity index is 621. The van der Waals surface area contributed by atoms with Crippen LogP contribution >= 0.6 is 24.0 Å².